The third-order valence-corrected chi connectivity index (χ3v) is 6.71. The molecule has 9 heteroatoms. The molecule has 0 aliphatic rings. The number of carbonyl (C=O) groups excluding carboxylic acids is 1. The van der Waals surface area contributed by atoms with Gasteiger partial charge in [0.2, 0.25) is 0 Å². The van der Waals surface area contributed by atoms with Gasteiger partial charge in [-0.3, -0.25) is 9.52 Å². The van der Waals surface area contributed by atoms with E-state index in [1.165, 1.54) is 41.0 Å². The SMILES string of the molecule is CCc1ccc(C(=O)Nc2ccc(S(=O)(=O)Nc3nccs3)cc2)s1. The Labute approximate surface area is 153 Å². The van der Waals surface area contributed by atoms with Gasteiger partial charge in [0.15, 0.2) is 5.13 Å². The molecule has 0 fully saturated rings. The van der Waals surface area contributed by atoms with Gasteiger partial charge in [0.1, 0.15) is 0 Å². The second-order valence-corrected chi connectivity index (χ2v) is 8.79. The molecule has 6 nitrogen and oxygen atoms in total. The van der Waals surface area contributed by atoms with E-state index >= 15 is 0 Å². The van der Waals surface area contributed by atoms with Gasteiger partial charge in [-0.05, 0) is 42.8 Å². The predicted molar refractivity (Wildman–Crippen MR) is 101 cm³/mol. The van der Waals surface area contributed by atoms with Crippen LogP contribution >= 0.6 is 22.7 Å². The normalized spacial score (nSPS) is 11.2. The molecule has 2 N–H and O–H groups in total. The Bertz CT molecular complexity index is 962. The Hall–Kier alpha value is -2.23. The Morgan fingerprint density at radius 2 is 1.92 bits per heavy atom. The van der Waals surface area contributed by atoms with Crippen molar-refractivity contribution in [2.75, 3.05) is 10.0 Å². The van der Waals surface area contributed by atoms with E-state index in [-0.39, 0.29) is 10.8 Å². The maximum atomic E-state index is 12.3. The number of benzene rings is 1. The number of rotatable bonds is 6. The molecule has 0 aliphatic heterocycles. The summed E-state index contributed by atoms with van der Waals surface area (Å²) in [5.41, 5.74) is 0.532. The molecule has 0 spiro atoms. The molecule has 25 heavy (non-hydrogen) atoms. The molecule has 2 heterocycles. The lowest BCUT2D eigenvalue weighted by atomic mass is 10.3. The lowest BCUT2D eigenvalue weighted by Gasteiger charge is -2.07. The van der Waals surface area contributed by atoms with Crippen LogP contribution in [0.25, 0.3) is 0 Å². The Balaban J connectivity index is 1.70. The van der Waals surface area contributed by atoms with Crippen LogP contribution in [0.2, 0.25) is 0 Å². The topological polar surface area (TPSA) is 88.2 Å². The van der Waals surface area contributed by atoms with Crippen LogP contribution in [0.15, 0.2) is 52.9 Å². The Morgan fingerprint density at radius 1 is 1.16 bits per heavy atom. The summed E-state index contributed by atoms with van der Waals surface area (Å²) in [5.74, 6) is -0.207. The number of amides is 1. The van der Waals surface area contributed by atoms with Gasteiger partial charge in [-0.15, -0.1) is 22.7 Å². The second-order valence-electron chi connectivity index (χ2n) is 5.04. The summed E-state index contributed by atoms with van der Waals surface area (Å²) in [6.07, 6.45) is 2.41. The number of nitrogens with zero attached hydrogens (tertiary/aromatic N) is 1. The van der Waals surface area contributed by atoms with Gasteiger partial charge in [-0.1, -0.05) is 6.92 Å². The second kappa shape index (κ2) is 7.34. The number of aromatic nitrogens is 1. The number of sulfonamides is 1. The molecular weight excluding hydrogens is 378 g/mol. The number of thiazole rings is 1. The van der Waals surface area contributed by atoms with Crippen molar-refractivity contribution in [2.45, 2.75) is 18.2 Å². The zero-order valence-corrected chi connectivity index (χ0v) is 15.7. The molecule has 0 radical (unpaired) electrons. The van der Waals surface area contributed by atoms with Crippen molar-refractivity contribution >= 4 is 49.4 Å². The number of anilines is 2. The van der Waals surface area contributed by atoms with Gasteiger partial charge in [-0.2, -0.15) is 0 Å². The number of thiophene rings is 1. The molecule has 0 unspecified atom stereocenters. The summed E-state index contributed by atoms with van der Waals surface area (Å²) in [6, 6.07) is 9.72. The van der Waals surface area contributed by atoms with E-state index in [9.17, 15) is 13.2 Å². The highest BCUT2D eigenvalue weighted by Gasteiger charge is 2.16. The lowest BCUT2D eigenvalue weighted by molar-refractivity contribution is 0.103. The third kappa shape index (κ3) is 4.25. The smallest absolute Gasteiger partial charge is 0.265 e. The first-order valence-corrected chi connectivity index (χ1v) is 10.6. The first-order chi connectivity index (χ1) is 12.0. The summed E-state index contributed by atoms with van der Waals surface area (Å²) in [6.45, 7) is 2.03. The Kier molecular flexibility index (Phi) is 5.16. The summed E-state index contributed by atoms with van der Waals surface area (Å²) in [4.78, 5) is 18.0. The molecule has 0 bridgehead atoms. The highest BCUT2D eigenvalue weighted by atomic mass is 32.2. The molecule has 0 saturated heterocycles. The minimum Gasteiger partial charge on any atom is -0.321 e. The van der Waals surface area contributed by atoms with Gasteiger partial charge in [0.25, 0.3) is 15.9 Å². The van der Waals surface area contributed by atoms with E-state index in [0.717, 1.165) is 11.3 Å². The predicted octanol–water partition coefficient (Wildman–Crippen LogP) is 3.82. The zero-order valence-electron chi connectivity index (χ0n) is 13.2. The van der Waals surface area contributed by atoms with Gasteiger partial charge in [0, 0.05) is 22.1 Å². The molecule has 0 saturated carbocycles. The van der Waals surface area contributed by atoms with E-state index in [1.807, 2.05) is 13.0 Å². The molecular formula is C16H15N3O3S3. The molecule has 0 atom stereocenters. The van der Waals surface area contributed by atoms with Gasteiger partial charge in [-0.25, -0.2) is 13.4 Å². The number of hydrogen-bond donors (Lipinski definition) is 2. The fraction of sp³-hybridized carbons (Fsp3) is 0.125. The fourth-order valence-corrected chi connectivity index (χ4v) is 4.68. The van der Waals surface area contributed by atoms with E-state index < -0.39 is 10.0 Å². The standard InChI is InChI=1S/C16H15N3O3S3/c1-2-12-5-8-14(24-12)15(20)18-11-3-6-13(7-4-11)25(21,22)19-16-17-9-10-23-16/h3-10H,2H2,1H3,(H,17,19)(H,18,20). The number of hydrogen-bond acceptors (Lipinski definition) is 6. The highest BCUT2D eigenvalue weighted by molar-refractivity contribution is 7.93. The van der Waals surface area contributed by atoms with Crippen molar-refractivity contribution < 1.29 is 13.2 Å². The largest absolute Gasteiger partial charge is 0.321 e. The monoisotopic (exact) mass is 393 g/mol. The summed E-state index contributed by atoms with van der Waals surface area (Å²) < 4.78 is 26.9. The van der Waals surface area contributed by atoms with Crippen LogP contribution in [0.5, 0.6) is 0 Å². The third-order valence-electron chi connectivity index (χ3n) is 3.31. The van der Waals surface area contributed by atoms with E-state index in [4.69, 9.17) is 0 Å². The van der Waals surface area contributed by atoms with Crippen molar-refractivity contribution in [1.29, 1.82) is 0 Å². The molecule has 130 valence electrons. The zero-order chi connectivity index (χ0) is 17.9. The molecule has 3 rings (SSSR count). The quantitative estimate of drug-likeness (QED) is 0.666. The van der Waals surface area contributed by atoms with Crippen molar-refractivity contribution in [3.05, 3.63) is 57.7 Å². The van der Waals surface area contributed by atoms with Crippen LogP contribution in [0.3, 0.4) is 0 Å². The molecule has 0 aliphatic carbocycles. The maximum absolute atomic E-state index is 12.3. The van der Waals surface area contributed by atoms with Crippen molar-refractivity contribution in [3.8, 4) is 0 Å². The van der Waals surface area contributed by atoms with Gasteiger partial charge >= 0.3 is 0 Å². The first kappa shape index (κ1) is 17.6. The lowest BCUT2D eigenvalue weighted by Crippen LogP contribution is -2.13. The summed E-state index contributed by atoms with van der Waals surface area (Å²) in [7, 11) is -3.69. The van der Waals surface area contributed by atoms with E-state index in [2.05, 4.69) is 15.0 Å². The molecule has 1 aromatic carbocycles. The number of carbonyl (C=O) groups is 1. The van der Waals surface area contributed by atoms with Gasteiger partial charge < -0.3 is 5.32 Å². The van der Waals surface area contributed by atoms with E-state index in [1.54, 1.807) is 23.6 Å². The average Bonchev–Trinajstić information content (AvgIpc) is 3.26. The van der Waals surface area contributed by atoms with Crippen LogP contribution in [0.4, 0.5) is 10.8 Å². The van der Waals surface area contributed by atoms with E-state index in [0.29, 0.717) is 15.7 Å². The minimum absolute atomic E-state index is 0.102. The van der Waals surface area contributed by atoms with Crippen LogP contribution in [0, 0.1) is 0 Å². The molecule has 2 aromatic heterocycles. The first-order valence-electron chi connectivity index (χ1n) is 7.40. The Morgan fingerprint density at radius 3 is 2.52 bits per heavy atom. The van der Waals surface area contributed by atoms with Crippen LogP contribution in [-0.4, -0.2) is 19.3 Å². The fourth-order valence-electron chi connectivity index (χ4n) is 2.05. The minimum atomic E-state index is -3.69. The maximum Gasteiger partial charge on any atom is 0.265 e. The van der Waals surface area contributed by atoms with Crippen molar-refractivity contribution in [2.24, 2.45) is 0 Å². The van der Waals surface area contributed by atoms with Gasteiger partial charge in [0.05, 0.1) is 9.77 Å². The molecule has 3 aromatic rings. The number of aryl methyl sites for hydroxylation is 1. The average molecular weight is 394 g/mol. The summed E-state index contributed by atoms with van der Waals surface area (Å²) >= 11 is 2.65. The number of nitrogens with one attached hydrogen (secondary N) is 2. The molecule has 1 amide bonds. The highest BCUT2D eigenvalue weighted by Crippen LogP contribution is 2.21. The van der Waals surface area contributed by atoms with Crippen LogP contribution < -0.4 is 10.0 Å². The van der Waals surface area contributed by atoms with Crippen LogP contribution in [0.1, 0.15) is 21.5 Å². The van der Waals surface area contributed by atoms with Crippen molar-refractivity contribution in [1.82, 2.24) is 4.98 Å². The van der Waals surface area contributed by atoms with Crippen molar-refractivity contribution in [3.63, 3.8) is 0 Å². The van der Waals surface area contributed by atoms with Crippen LogP contribution in [-0.2, 0) is 16.4 Å². The summed E-state index contributed by atoms with van der Waals surface area (Å²) in [5, 5.41) is 4.76.